The molecule has 0 N–H and O–H groups in total. The van der Waals surface area contributed by atoms with E-state index in [1.165, 1.54) is 0 Å². The Morgan fingerprint density at radius 1 is 0.882 bits per heavy atom. The van der Waals surface area contributed by atoms with Gasteiger partial charge in [0.15, 0.2) is 8.32 Å². The number of hydrogen-bond acceptors (Lipinski definition) is 1. The normalized spacial score (nSPS) is 15.5. The molecule has 0 rings (SSSR count). The van der Waals surface area contributed by atoms with Crippen molar-refractivity contribution < 1.29 is 4.43 Å². The lowest BCUT2D eigenvalue weighted by Crippen LogP contribution is -2.55. The van der Waals surface area contributed by atoms with E-state index in [1.807, 2.05) is 7.11 Å². The van der Waals surface area contributed by atoms with Crippen molar-refractivity contribution in [2.24, 2.45) is 16.7 Å². The molecule has 0 unspecified atom stereocenters. The van der Waals surface area contributed by atoms with E-state index < -0.39 is 8.32 Å². The first-order valence-corrected chi connectivity index (χ1v) is 9.71. The maximum atomic E-state index is 5.90. The predicted octanol–water partition coefficient (Wildman–Crippen LogP) is 5.33. The molecule has 0 aliphatic heterocycles. The van der Waals surface area contributed by atoms with Crippen LogP contribution >= 0.6 is 0 Å². The van der Waals surface area contributed by atoms with Crippen LogP contribution in [0.2, 0.25) is 18.1 Å². The van der Waals surface area contributed by atoms with Crippen LogP contribution in [-0.4, -0.2) is 15.4 Å². The quantitative estimate of drug-likeness (QED) is 0.606. The van der Waals surface area contributed by atoms with Gasteiger partial charge in [-0.3, -0.25) is 0 Å². The highest BCUT2D eigenvalue weighted by atomic mass is 28.4. The first kappa shape index (κ1) is 17.2. The Morgan fingerprint density at radius 3 is 1.47 bits per heavy atom. The summed E-state index contributed by atoms with van der Waals surface area (Å²) >= 11 is 0. The standard InChI is InChI=1S/C15H34OSi/c1-12(2)13(3,4)14(5,6)15(7,8)17(10,11)16-9/h12H,1-11H3. The second-order valence-electron chi connectivity index (χ2n) is 7.84. The summed E-state index contributed by atoms with van der Waals surface area (Å²) in [4.78, 5) is 0. The predicted molar refractivity (Wildman–Crippen MR) is 80.9 cm³/mol. The molecule has 0 aliphatic carbocycles. The summed E-state index contributed by atoms with van der Waals surface area (Å²) in [5.41, 5.74) is 0.527. The van der Waals surface area contributed by atoms with Crippen molar-refractivity contribution >= 4 is 8.32 Å². The summed E-state index contributed by atoms with van der Waals surface area (Å²) in [6.45, 7) is 23.8. The minimum Gasteiger partial charge on any atom is -0.420 e. The van der Waals surface area contributed by atoms with Crippen LogP contribution in [0.25, 0.3) is 0 Å². The highest BCUT2D eigenvalue weighted by Gasteiger charge is 2.56. The second-order valence-corrected chi connectivity index (χ2v) is 12.5. The molecule has 0 aromatic heterocycles. The van der Waals surface area contributed by atoms with Gasteiger partial charge in [0, 0.05) is 7.11 Å². The Bertz CT molecular complexity index is 262. The van der Waals surface area contributed by atoms with Gasteiger partial charge in [-0.1, -0.05) is 55.4 Å². The Kier molecular flexibility index (Phi) is 4.74. The first-order valence-electron chi connectivity index (χ1n) is 6.81. The maximum absolute atomic E-state index is 5.90. The van der Waals surface area contributed by atoms with Crippen LogP contribution in [-0.2, 0) is 4.43 Å². The largest absolute Gasteiger partial charge is 0.420 e. The van der Waals surface area contributed by atoms with Crippen LogP contribution in [0.4, 0.5) is 0 Å². The highest BCUT2D eigenvalue weighted by molar-refractivity contribution is 6.74. The van der Waals surface area contributed by atoms with Crippen molar-refractivity contribution in [1.29, 1.82) is 0 Å². The van der Waals surface area contributed by atoms with Gasteiger partial charge in [0.2, 0.25) is 0 Å². The van der Waals surface area contributed by atoms with E-state index in [4.69, 9.17) is 4.43 Å². The molecule has 0 bridgehead atoms. The monoisotopic (exact) mass is 258 g/mol. The third-order valence-corrected chi connectivity index (χ3v) is 11.3. The van der Waals surface area contributed by atoms with E-state index in [1.54, 1.807) is 0 Å². The van der Waals surface area contributed by atoms with Crippen molar-refractivity contribution in [3.05, 3.63) is 0 Å². The topological polar surface area (TPSA) is 9.23 Å². The fraction of sp³-hybridized carbons (Fsp3) is 1.00. The van der Waals surface area contributed by atoms with Crippen LogP contribution < -0.4 is 0 Å². The van der Waals surface area contributed by atoms with Gasteiger partial charge in [-0.2, -0.15) is 0 Å². The van der Waals surface area contributed by atoms with Gasteiger partial charge < -0.3 is 4.43 Å². The Hall–Kier alpha value is 0.177. The zero-order valence-electron chi connectivity index (χ0n) is 14.0. The summed E-state index contributed by atoms with van der Waals surface area (Å²) in [5.74, 6) is 0.665. The summed E-state index contributed by atoms with van der Waals surface area (Å²) < 4.78 is 5.90. The number of hydrogen-bond donors (Lipinski definition) is 0. The number of rotatable bonds is 5. The van der Waals surface area contributed by atoms with Crippen molar-refractivity contribution in [3.8, 4) is 0 Å². The molecular weight excluding hydrogens is 224 g/mol. The molecule has 0 aliphatic rings. The lowest BCUT2D eigenvalue weighted by molar-refractivity contribution is 0.0116. The third kappa shape index (κ3) is 2.48. The minimum absolute atomic E-state index is 0.225. The van der Waals surface area contributed by atoms with Crippen molar-refractivity contribution in [2.45, 2.75) is 73.5 Å². The Labute approximate surface area is 110 Å². The fourth-order valence-corrected chi connectivity index (χ4v) is 4.87. The molecule has 0 saturated heterocycles. The van der Waals surface area contributed by atoms with Crippen molar-refractivity contribution in [1.82, 2.24) is 0 Å². The van der Waals surface area contributed by atoms with Crippen LogP contribution in [0.1, 0.15) is 55.4 Å². The fourth-order valence-electron chi connectivity index (χ4n) is 2.53. The molecule has 0 aromatic carbocycles. The van der Waals surface area contributed by atoms with Gasteiger partial charge in [-0.15, -0.1) is 0 Å². The molecule has 0 radical (unpaired) electrons. The van der Waals surface area contributed by atoms with Crippen molar-refractivity contribution in [3.63, 3.8) is 0 Å². The molecule has 2 heteroatoms. The molecule has 0 fully saturated rings. The summed E-state index contributed by atoms with van der Waals surface area (Å²) in [6.07, 6.45) is 0. The Morgan fingerprint density at radius 2 is 1.24 bits per heavy atom. The van der Waals surface area contributed by atoms with Crippen LogP contribution in [0.5, 0.6) is 0 Å². The smallest absolute Gasteiger partial charge is 0.192 e. The van der Waals surface area contributed by atoms with E-state index in [0.29, 0.717) is 11.3 Å². The molecule has 0 aromatic rings. The average molecular weight is 259 g/mol. The van der Waals surface area contributed by atoms with Gasteiger partial charge in [0.1, 0.15) is 0 Å². The van der Waals surface area contributed by atoms with Crippen LogP contribution in [0.15, 0.2) is 0 Å². The molecule has 0 heterocycles. The molecule has 0 spiro atoms. The lowest BCUT2D eigenvalue weighted by atomic mass is 9.57. The lowest BCUT2D eigenvalue weighted by Gasteiger charge is -2.58. The maximum Gasteiger partial charge on any atom is 0.192 e. The molecule has 104 valence electrons. The zero-order valence-corrected chi connectivity index (χ0v) is 15.0. The minimum atomic E-state index is -1.70. The van der Waals surface area contributed by atoms with Crippen LogP contribution in [0, 0.1) is 16.7 Å². The molecule has 0 amide bonds. The summed E-state index contributed by atoms with van der Waals surface area (Å²) in [6, 6.07) is 0. The van der Waals surface area contributed by atoms with Gasteiger partial charge in [0.25, 0.3) is 0 Å². The van der Waals surface area contributed by atoms with Crippen LogP contribution in [0.3, 0.4) is 0 Å². The highest BCUT2D eigenvalue weighted by Crippen LogP contribution is 2.62. The van der Waals surface area contributed by atoms with Gasteiger partial charge in [-0.25, -0.2) is 0 Å². The van der Waals surface area contributed by atoms with E-state index in [9.17, 15) is 0 Å². The first-order chi connectivity index (χ1) is 7.25. The summed E-state index contributed by atoms with van der Waals surface area (Å²) in [7, 11) is 0.185. The Balaban J connectivity index is 5.61. The van der Waals surface area contributed by atoms with E-state index in [2.05, 4.69) is 68.5 Å². The molecule has 0 saturated carbocycles. The van der Waals surface area contributed by atoms with Gasteiger partial charge in [-0.05, 0) is 34.9 Å². The average Bonchev–Trinajstić information content (AvgIpc) is 2.16. The van der Waals surface area contributed by atoms with Gasteiger partial charge >= 0.3 is 0 Å². The van der Waals surface area contributed by atoms with Gasteiger partial charge in [0.05, 0.1) is 0 Å². The van der Waals surface area contributed by atoms with E-state index in [-0.39, 0.29) is 10.5 Å². The molecular formula is C15H34OSi. The molecule has 1 nitrogen and oxygen atoms in total. The van der Waals surface area contributed by atoms with E-state index in [0.717, 1.165) is 0 Å². The van der Waals surface area contributed by atoms with E-state index >= 15 is 0 Å². The second kappa shape index (κ2) is 4.69. The zero-order chi connectivity index (χ0) is 14.3. The van der Waals surface area contributed by atoms with Crippen molar-refractivity contribution in [2.75, 3.05) is 7.11 Å². The third-order valence-electron chi connectivity index (χ3n) is 6.63. The summed E-state index contributed by atoms with van der Waals surface area (Å²) in [5, 5.41) is 0.225. The SMILES string of the molecule is CO[Si](C)(C)C(C)(C)C(C)(C)C(C)(C)C(C)C. The molecule has 0 atom stereocenters. The molecule has 17 heavy (non-hydrogen) atoms.